The second-order valence-corrected chi connectivity index (χ2v) is 4.04. The molecule has 1 nitrogen and oxygen atoms in total. The Kier molecular flexibility index (Phi) is 1.97. The maximum absolute atomic E-state index is 12.9. The van der Waals surface area contributed by atoms with Crippen LogP contribution in [-0.4, -0.2) is 5.75 Å². The van der Waals surface area contributed by atoms with Crippen LogP contribution in [0.3, 0.4) is 0 Å². The Morgan fingerprint density at radius 1 is 1.42 bits per heavy atom. The van der Waals surface area contributed by atoms with E-state index in [0.29, 0.717) is 5.69 Å². The minimum Gasteiger partial charge on any atom is -0.398 e. The molecule has 0 atom stereocenters. The van der Waals surface area contributed by atoms with Gasteiger partial charge >= 0.3 is 0 Å². The smallest absolute Gasteiger partial charge is 0.125 e. The molecule has 2 rings (SSSR count). The summed E-state index contributed by atoms with van der Waals surface area (Å²) in [5.41, 5.74) is 7.35. The van der Waals surface area contributed by atoms with E-state index in [1.165, 1.54) is 6.07 Å². The van der Waals surface area contributed by atoms with Gasteiger partial charge < -0.3 is 5.73 Å². The van der Waals surface area contributed by atoms with Gasteiger partial charge in [0.1, 0.15) is 5.82 Å². The molecule has 0 spiro atoms. The summed E-state index contributed by atoms with van der Waals surface area (Å²) < 4.78 is 12.9. The number of benzene rings is 1. The fourth-order valence-corrected chi connectivity index (χ4v) is 2.54. The van der Waals surface area contributed by atoms with Crippen molar-refractivity contribution in [3.63, 3.8) is 0 Å². The van der Waals surface area contributed by atoms with Crippen LogP contribution in [0.5, 0.6) is 0 Å². The highest BCUT2D eigenvalue weighted by atomic mass is 32.2. The lowest BCUT2D eigenvalue weighted by Crippen LogP contribution is -2.02. The van der Waals surface area contributed by atoms with Gasteiger partial charge in [-0.15, -0.1) is 11.8 Å². The van der Waals surface area contributed by atoms with Gasteiger partial charge in [-0.25, -0.2) is 4.39 Å². The Bertz CT molecular complexity index is 312. The Labute approximate surface area is 75.1 Å². The van der Waals surface area contributed by atoms with Gasteiger partial charge in [-0.05, 0) is 36.3 Å². The average Bonchev–Trinajstić information content (AvgIpc) is 2.04. The van der Waals surface area contributed by atoms with E-state index in [0.717, 1.165) is 29.1 Å². The Morgan fingerprint density at radius 3 is 3.08 bits per heavy atom. The van der Waals surface area contributed by atoms with Crippen molar-refractivity contribution in [1.82, 2.24) is 0 Å². The molecule has 12 heavy (non-hydrogen) atoms. The van der Waals surface area contributed by atoms with Gasteiger partial charge in [-0.1, -0.05) is 0 Å². The summed E-state index contributed by atoms with van der Waals surface area (Å²) in [6, 6.07) is 3.00. The normalized spacial score (nSPS) is 15.8. The highest BCUT2D eigenvalue weighted by molar-refractivity contribution is 7.99. The van der Waals surface area contributed by atoms with Crippen molar-refractivity contribution in [3.8, 4) is 0 Å². The summed E-state index contributed by atoms with van der Waals surface area (Å²) in [7, 11) is 0. The Balaban J connectivity index is 2.53. The maximum Gasteiger partial charge on any atom is 0.125 e. The van der Waals surface area contributed by atoms with Crippen LogP contribution in [0, 0.1) is 5.82 Å². The number of fused-ring (bicyclic) bond motifs is 1. The fraction of sp³-hybridized carbons (Fsp3) is 0.333. The lowest BCUT2D eigenvalue weighted by atomic mass is 10.1. The molecule has 0 saturated heterocycles. The Hall–Kier alpha value is -0.700. The molecule has 0 amide bonds. The minimum absolute atomic E-state index is 0.214. The van der Waals surface area contributed by atoms with E-state index in [2.05, 4.69) is 0 Å². The molecular formula is C9H10FNS. The number of thioether (sulfide) groups is 1. The van der Waals surface area contributed by atoms with E-state index in [4.69, 9.17) is 5.73 Å². The van der Waals surface area contributed by atoms with Gasteiger partial charge in [0.25, 0.3) is 0 Å². The minimum atomic E-state index is -0.214. The van der Waals surface area contributed by atoms with E-state index < -0.39 is 0 Å². The lowest BCUT2D eigenvalue weighted by Gasteiger charge is -2.16. The molecule has 0 aliphatic carbocycles. The van der Waals surface area contributed by atoms with Gasteiger partial charge in [0.15, 0.2) is 0 Å². The number of nitrogen functional groups attached to an aromatic ring is 1. The number of rotatable bonds is 0. The molecule has 1 aromatic carbocycles. The van der Waals surface area contributed by atoms with E-state index >= 15 is 0 Å². The number of halogens is 1. The van der Waals surface area contributed by atoms with Crippen molar-refractivity contribution in [2.45, 2.75) is 17.7 Å². The van der Waals surface area contributed by atoms with Gasteiger partial charge in [0.05, 0.1) is 0 Å². The molecule has 0 fully saturated rings. The highest BCUT2D eigenvalue weighted by Crippen LogP contribution is 2.35. The lowest BCUT2D eigenvalue weighted by molar-refractivity contribution is 0.623. The number of aryl methyl sites for hydroxylation is 1. The van der Waals surface area contributed by atoms with Crippen molar-refractivity contribution < 1.29 is 4.39 Å². The number of hydrogen-bond donors (Lipinski definition) is 1. The molecule has 0 saturated carbocycles. The van der Waals surface area contributed by atoms with Crippen LogP contribution in [0.1, 0.15) is 12.0 Å². The summed E-state index contributed by atoms with van der Waals surface area (Å²) in [5, 5.41) is 0. The van der Waals surface area contributed by atoms with Crippen LogP contribution in [-0.2, 0) is 6.42 Å². The third kappa shape index (κ3) is 1.29. The fourth-order valence-electron chi connectivity index (χ4n) is 1.47. The first kappa shape index (κ1) is 7.92. The van der Waals surface area contributed by atoms with Crippen LogP contribution in [0.15, 0.2) is 17.0 Å². The molecule has 0 bridgehead atoms. The van der Waals surface area contributed by atoms with E-state index in [9.17, 15) is 4.39 Å². The van der Waals surface area contributed by atoms with Crippen LogP contribution in [0.4, 0.5) is 10.1 Å². The number of anilines is 1. The molecule has 2 N–H and O–H groups in total. The molecule has 64 valence electrons. The van der Waals surface area contributed by atoms with Crippen molar-refractivity contribution in [2.75, 3.05) is 11.5 Å². The van der Waals surface area contributed by atoms with Crippen LogP contribution in [0.2, 0.25) is 0 Å². The summed E-state index contributed by atoms with van der Waals surface area (Å²) in [4.78, 5) is 1.09. The standard InChI is InChI=1S/C9H10FNS/c10-7-4-6-2-1-3-12-9(6)8(11)5-7/h4-5H,1-3,11H2. The monoisotopic (exact) mass is 183 g/mol. The van der Waals surface area contributed by atoms with Gasteiger partial charge in [-0.2, -0.15) is 0 Å². The zero-order chi connectivity index (χ0) is 8.55. The first-order chi connectivity index (χ1) is 5.77. The molecular weight excluding hydrogens is 173 g/mol. The average molecular weight is 183 g/mol. The number of hydrogen-bond acceptors (Lipinski definition) is 2. The maximum atomic E-state index is 12.9. The van der Waals surface area contributed by atoms with Gasteiger partial charge in [0.2, 0.25) is 0 Å². The van der Waals surface area contributed by atoms with Crippen molar-refractivity contribution >= 4 is 17.4 Å². The third-order valence-corrected chi connectivity index (χ3v) is 3.28. The van der Waals surface area contributed by atoms with E-state index in [-0.39, 0.29) is 5.82 Å². The van der Waals surface area contributed by atoms with Crippen molar-refractivity contribution in [3.05, 3.63) is 23.5 Å². The van der Waals surface area contributed by atoms with E-state index in [1.54, 1.807) is 17.8 Å². The summed E-state index contributed by atoms with van der Waals surface area (Å²) >= 11 is 1.73. The third-order valence-electron chi connectivity index (χ3n) is 2.00. The first-order valence-electron chi connectivity index (χ1n) is 3.98. The molecule has 1 aromatic rings. The summed E-state index contributed by atoms with van der Waals surface area (Å²) in [6.07, 6.45) is 2.09. The second-order valence-electron chi connectivity index (χ2n) is 2.94. The molecule has 1 aliphatic rings. The van der Waals surface area contributed by atoms with Crippen LogP contribution >= 0.6 is 11.8 Å². The Morgan fingerprint density at radius 2 is 2.25 bits per heavy atom. The summed E-state index contributed by atoms with van der Waals surface area (Å²) in [6.45, 7) is 0. The predicted octanol–water partition coefficient (Wildman–Crippen LogP) is 2.45. The molecule has 0 unspecified atom stereocenters. The molecule has 1 heterocycles. The van der Waals surface area contributed by atoms with E-state index in [1.807, 2.05) is 0 Å². The van der Waals surface area contributed by atoms with Crippen LogP contribution < -0.4 is 5.73 Å². The topological polar surface area (TPSA) is 26.0 Å². The largest absolute Gasteiger partial charge is 0.398 e. The first-order valence-corrected chi connectivity index (χ1v) is 4.96. The van der Waals surface area contributed by atoms with Gasteiger partial charge in [0, 0.05) is 10.6 Å². The quantitative estimate of drug-likeness (QED) is 0.625. The molecule has 0 aromatic heterocycles. The second kappa shape index (κ2) is 2.98. The number of nitrogens with two attached hydrogens (primary N) is 1. The summed E-state index contributed by atoms with van der Waals surface area (Å²) in [5.74, 6) is 0.886. The molecule has 0 radical (unpaired) electrons. The van der Waals surface area contributed by atoms with Crippen molar-refractivity contribution in [2.24, 2.45) is 0 Å². The molecule has 1 aliphatic heterocycles. The molecule has 3 heteroatoms. The van der Waals surface area contributed by atoms with Crippen LogP contribution in [0.25, 0.3) is 0 Å². The van der Waals surface area contributed by atoms with Gasteiger partial charge in [-0.3, -0.25) is 0 Å². The zero-order valence-corrected chi connectivity index (χ0v) is 7.46. The van der Waals surface area contributed by atoms with Crippen molar-refractivity contribution in [1.29, 1.82) is 0 Å². The SMILES string of the molecule is Nc1cc(F)cc2c1SCCC2. The predicted molar refractivity (Wildman–Crippen MR) is 49.9 cm³/mol. The zero-order valence-electron chi connectivity index (χ0n) is 6.64. The highest BCUT2D eigenvalue weighted by Gasteiger charge is 2.13.